The average molecular weight is 206 g/mol. The lowest BCUT2D eigenvalue weighted by Crippen LogP contribution is -2.07. The number of rotatable bonds is 8. The van der Waals surface area contributed by atoms with Gasteiger partial charge in [0.15, 0.2) is 0 Å². The molecule has 0 saturated heterocycles. The van der Waals surface area contributed by atoms with Crippen LogP contribution in [-0.2, 0) is 0 Å². The highest BCUT2D eigenvalue weighted by atomic mass is 15.3. The first kappa shape index (κ1) is 13.7. The molecule has 1 N–H and O–H groups in total. The molecule has 0 aliphatic rings. The fourth-order valence-electron chi connectivity index (χ4n) is 1.15. The zero-order valence-electron chi connectivity index (χ0n) is 9.82. The number of nitrogens with one attached hydrogen (secondary N) is 1. The first-order valence-electron chi connectivity index (χ1n) is 5.46. The predicted octanol–water partition coefficient (Wildman–Crippen LogP) is 3.30. The van der Waals surface area contributed by atoms with Crippen molar-refractivity contribution < 1.29 is 0 Å². The fourth-order valence-corrected chi connectivity index (χ4v) is 1.15. The molecule has 0 radical (unpaired) electrons. The SMILES string of the molecule is C=CCCC(/C=C\C)/C=N/NC/C=C\C. The molecule has 0 rings (SSSR count). The van der Waals surface area contributed by atoms with Crippen LogP contribution >= 0.6 is 0 Å². The first-order valence-corrected chi connectivity index (χ1v) is 5.46. The minimum Gasteiger partial charge on any atom is -0.307 e. The molecule has 1 unspecified atom stereocenters. The van der Waals surface area contributed by atoms with Crippen LogP contribution in [0.3, 0.4) is 0 Å². The summed E-state index contributed by atoms with van der Waals surface area (Å²) in [6.45, 7) is 8.54. The topological polar surface area (TPSA) is 24.4 Å². The minimum atomic E-state index is 0.408. The van der Waals surface area contributed by atoms with Gasteiger partial charge in [-0.05, 0) is 26.7 Å². The van der Waals surface area contributed by atoms with E-state index < -0.39 is 0 Å². The van der Waals surface area contributed by atoms with Crippen molar-refractivity contribution in [3.63, 3.8) is 0 Å². The summed E-state index contributed by atoms with van der Waals surface area (Å²) in [5.41, 5.74) is 2.97. The summed E-state index contributed by atoms with van der Waals surface area (Å²) in [4.78, 5) is 0. The molecule has 0 aromatic carbocycles. The Morgan fingerprint density at radius 3 is 2.73 bits per heavy atom. The van der Waals surface area contributed by atoms with Gasteiger partial charge in [0.2, 0.25) is 0 Å². The van der Waals surface area contributed by atoms with Crippen LogP contribution in [0.5, 0.6) is 0 Å². The van der Waals surface area contributed by atoms with Crippen LogP contribution in [0.1, 0.15) is 26.7 Å². The van der Waals surface area contributed by atoms with Crippen molar-refractivity contribution in [2.45, 2.75) is 26.7 Å². The van der Waals surface area contributed by atoms with E-state index in [-0.39, 0.29) is 0 Å². The fraction of sp³-hybridized carbons (Fsp3) is 0.462. The standard InChI is InChI=1S/C13H22N2/c1-4-7-10-13(9-6-3)12-15-14-11-8-5-2/h4-6,8-9,12-14H,1,7,10-11H2,2-3H3/b8-5-,9-6-,15-12+. The summed E-state index contributed by atoms with van der Waals surface area (Å²) in [6.07, 6.45) is 14.2. The molecule has 0 spiro atoms. The quantitative estimate of drug-likeness (QED) is 0.280. The van der Waals surface area contributed by atoms with Gasteiger partial charge in [0.05, 0.1) is 6.54 Å². The third kappa shape index (κ3) is 9.01. The Kier molecular flexibility index (Phi) is 9.83. The summed E-state index contributed by atoms with van der Waals surface area (Å²) in [5, 5.41) is 4.17. The maximum Gasteiger partial charge on any atom is 0.0510 e. The van der Waals surface area contributed by atoms with E-state index in [0.717, 1.165) is 19.4 Å². The third-order valence-corrected chi connectivity index (χ3v) is 1.95. The van der Waals surface area contributed by atoms with E-state index >= 15 is 0 Å². The monoisotopic (exact) mass is 206 g/mol. The van der Waals surface area contributed by atoms with Gasteiger partial charge in [-0.25, -0.2) is 0 Å². The lowest BCUT2D eigenvalue weighted by Gasteiger charge is -2.04. The van der Waals surface area contributed by atoms with Gasteiger partial charge in [-0.15, -0.1) is 6.58 Å². The smallest absolute Gasteiger partial charge is 0.0510 e. The highest BCUT2D eigenvalue weighted by Crippen LogP contribution is 2.05. The van der Waals surface area contributed by atoms with Gasteiger partial charge in [-0.1, -0.05) is 30.4 Å². The van der Waals surface area contributed by atoms with Crippen LogP contribution < -0.4 is 5.43 Å². The second-order valence-corrected chi connectivity index (χ2v) is 3.27. The summed E-state index contributed by atoms with van der Waals surface area (Å²) in [6, 6.07) is 0. The van der Waals surface area contributed by atoms with E-state index in [1.807, 2.05) is 38.3 Å². The van der Waals surface area contributed by atoms with Crippen molar-refractivity contribution in [2.75, 3.05) is 6.54 Å². The van der Waals surface area contributed by atoms with Crippen molar-refractivity contribution in [1.29, 1.82) is 0 Å². The summed E-state index contributed by atoms with van der Waals surface area (Å²) in [5.74, 6) is 0.408. The number of nitrogens with zero attached hydrogens (tertiary/aromatic N) is 1. The lowest BCUT2D eigenvalue weighted by atomic mass is 10.0. The van der Waals surface area contributed by atoms with Gasteiger partial charge in [-0.3, -0.25) is 0 Å². The molecule has 1 atom stereocenters. The average Bonchev–Trinajstić information content (AvgIpc) is 2.25. The number of hydrogen-bond acceptors (Lipinski definition) is 2. The van der Waals surface area contributed by atoms with Crippen molar-refractivity contribution in [3.05, 3.63) is 37.0 Å². The number of hydrogen-bond donors (Lipinski definition) is 1. The summed E-state index contributed by atoms with van der Waals surface area (Å²) >= 11 is 0. The van der Waals surface area contributed by atoms with E-state index in [1.165, 1.54) is 0 Å². The Morgan fingerprint density at radius 1 is 1.33 bits per heavy atom. The second-order valence-electron chi connectivity index (χ2n) is 3.27. The first-order chi connectivity index (χ1) is 7.35. The molecule has 2 nitrogen and oxygen atoms in total. The molecule has 0 saturated carbocycles. The molecule has 15 heavy (non-hydrogen) atoms. The van der Waals surface area contributed by atoms with Crippen LogP contribution in [0, 0.1) is 5.92 Å². The van der Waals surface area contributed by atoms with Gasteiger partial charge in [0, 0.05) is 12.1 Å². The lowest BCUT2D eigenvalue weighted by molar-refractivity contribution is 0.747. The van der Waals surface area contributed by atoms with E-state index in [1.54, 1.807) is 0 Å². The van der Waals surface area contributed by atoms with Crippen LogP contribution in [0.15, 0.2) is 42.1 Å². The Labute approximate surface area is 93.5 Å². The van der Waals surface area contributed by atoms with Crippen molar-refractivity contribution in [2.24, 2.45) is 11.0 Å². The van der Waals surface area contributed by atoms with Gasteiger partial charge >= 0.3 is 0 Å². The molecule has 0 aromatic rings. The molecule has 2 heteroatoms. The van der Waals surface area contributed by atoms with Crippen molar-refractivity contribution >= 4 is 6.21 Å². The highest BCUT2D eigenvalue weighted by molar-refractivity contribution is 5.62. The molecule has 0 bridgehead atoms. The van der Waals surface area contributed by atoms with E-state index in [2.05, 4.69) is 29.3 Å². The maximum atomic E-state index is 4.17. The van der Waals surface area contributed by atoms with Crippen molar-refractivity contribution in [3.8, 4) is 0 Å². The molecule has 0 aromatic heterocycles. The molecule has 0 heterocycles. The Bertz CT molecular complexity index is 227. The molecule has 0 aliphatic carbocycles. The number of allylic oxidation sites excluding steroid dienone is 4. The maximum absolute atomic E-state index is 4.17. The molecule has 0 fully saturated rings. The van der Waals surface area contributed by atoms with E-state index in [4.69, 9.17) is 0 Å². The largest absolute Gasteiger partial charge is 0.307 e. The van der Waals surface area contributed by atoms with Crippen molar-refractivity contribution in [1.82, 2.24) is 5.43 Å². The van der Waals surface area contributed by atoms with Gasteiger partial charge < -0.3 is 5.43 Å². The van der Waals surface area contributed by atoms with Gasteiger partial charge in [0.1, 0.15) is 0 Å². The van der Waals surface area contributed by atoms with E-state index in [0.29, 0.717) is 5.92 Å². The molecular formula is C13H22N2. The second kappa shape index (κ2) is 10.8. The van der Waals surface area contributed by atoms with Gasteiger partial charge in [-0.2, -0.15) is 5.10 Å². The summed E-state index contributed by atoms with van der Waals surface area (Å²) in [7, 11) is 0. The van der Waals surface area contributed by atoms with Crippen LogP contribution in [-0.4, -0.2) is 12.8 Å². The minimum absolute atomic E-state index is 0.408. The molecule has 0 amide bonds. The zero-order chi connectivity index (χ0) is 11.4. The van der Waals surface area contributed by atoms with Crippen LogP contribution in [0.25, 0.3) is 0 Å². The molecule has 84 valence electrons. The Morgan fingerprint density at radius 2 is 2.13 bits per heavy atom. The highest BCUT2D eigenvalue weighted by Gasteiger charge is 1.98. The normalized spacial score (nSPS) is 14.0. The third-order valence-electron chi connectivity index (χ3n) is 1.95. The predicted molar refractivity (Wildman–Crippen MR) is 69.0 cm³/mol. The van der Waals surface area contributed by atoms with Crippen LogP contribution in [0.4, 0.5) is 0 Å². The summed E-state index contributed by atoms with van der Waals surface area (Å²) < 4.78 is 0. The van der Waals surface area contributed by atoms with E-state index in [9.17, 15) is 0 Å². The zero-order valence-corrected chi connectivity index (χ0v) is 9.82. The Balaban J connectivity index is 3.86. The van der Waals surface area contributed by atoms with Crippen LogP contribution in [0.2, 0.25) is 0 Å². The van der Waals surface area contributed by atoms with Gasteiger partial charge in [0.25, 0.3) is 0 Å². The number of hydrazone groups is 1. The Hall–Kier alpha value is -1.31. The molecule has 0 aliphatic heterocycles. The molecular weight excluding hydrogens is 184 g/mol.